The second-order valence-corrected chi connectivity index (χ2v) is 9.33. The molecule has 2 aliphatic rings. The van der Waals surface area contributed by atoms with Crippen molar-refractivity contribution < 1.29 is 9.59 Å². The zero-order valence-electron chi connectivity index (χ0n) is 19.3. The molecule has 170 valence electrons. The highest BCUT2D eigenvalue weighted by Gasteiger charge is 2.55. The summed E-state index contributed by atoms with van der Waals surface area (Å²) in [5.74, 6) is 0.209. The zero-order valence-corrected chi connectivity index (χ0v) is 19.3. The molecule has 0 aromatic heterocycles. The third-order valence-electron chi connectivity index (χ3n) is 6.90. The van der Waals surface area contributed by atoms with Crippen LogP contribution in [0.4, 0.5) is 5.69 Å². The van der Waals surface area contributed by atoms with Crippen molar-refractivity contribution >= 4 is 17.5 Å². The largest absolute Gasteiger partial charge is 0.348 e. The van der Waals surface area contributed by atoms with Crippen molar-refractivity contribution in [3.8, 4) is 0 Å². The van der Waals surface area contributed by atoms with Crippen LogP contribution < -0.4 is 10.6 Å². The molecule has 0 spiro atoms. The number of nitrogens with one attached hydrogen (secondary N) is 2. The van der Waals surface area contributed by atoms with E-state index >= 15 is 0 Å². The van der Waals surface area contributed by atoms with E-state index in [9.17, 15) is 9.59 Å². The van der Waals surface area contributed by atoms with Gasteiger partial charge in [0.05, 0.1) is 12.1 Å². The highest BCUT2D eigenvalue weighted by Crippen LogP contribution is 2.47. The molecule has 0 aliphatic carbocycles. The molecular weight excluding hydrogens is 400 g/mol. The Morgan fingerprint density at radius 1 is 1.06 bits per heavy atom. The van der Waals surface area contributed by atoms with Crippen LogP contribution in [0.1, 0.15) is 37.4 Å². The number of piperidine rings is 1. The van der Waals surface area contributed by atoms with Crippen molar-refractivity contribution in [1.82, 2.24) is 15.1 Å². The molecule has 2 saturated heterocycles. The first-order chi connectivity index (χ1) is 15.4. The number of likely N-dealkylation sites (tertiary alicyclic amines) is 2. The van der Waals surface area contributed by atoms with E-state index in [1.807, 2.05) is 18.2 Å². The summed E-state index contributed by atoms with van der Waals surface area (Å²) in [4.78, 5) is 29.8. The molecule has 4 rings (SSSR count). The van der Waals surface area contributed by atoms with Gasteiger partial charge in [0.1, 0.15) is 0 Å². The number of anilines is 1. The summed E-state index contributed by atoms with van der Waals surface area (Å²) in [5, 5.41) is 6.36. The first-order valence-corrected chi connectivity index (χ1v) is 11.6. The Labute approximate surface area is 191 Å². The highest BCUT2D eigenvalue weighted by atomic mass is 16.2. The molecule has 2 aromatic rings. The van der Waals surface area contributed by atoms with E-state index in [1.165, 1.54) is 11.1 Å². The topological polar surface area (TPSA) is 64.7 Å². The maximum Gasteiger partial charge on any atom is 0.238 e. The van der Waals surface area contributed by atoms with E-state index in [-0.39, 0.29) is 35.9 Å². The van der Waals surface area contributed by atoms with Crippen LogP contribution in [0.15, 0.2) is 54.6 Å². The summed E-state index contributed by atoms with van der Waals surface area (Å²) in [6, 6.07) is 18.5. The Bertz CT molecular complexity index is 946. The van der Waals surface area contributed by atoms with E-state index in [0.29, 0.717) is 6.54 Å². The van der Waals surface area contributed by atoms with Crippen LogP contribution in [0.5, 0.6) is 0 Å². The van der Waals surface area contributed by atoms with Crippen molar-refractivity contribution in [3.63, 3.8) is 0 Å². The van der Waals surface area contributed by atoms with Crippen molar-refractivity contribution in [2.24, 2.45) is 5.92 Å². The SMILES string of the molecule is CCc1ccc(NC(=O)CN2C[C@]3(NC(C)=O)CN(C)CC[C@@H]3[C@H]2c2ccccc2)cc1. The standard InChI is InChI=1S/C26H34N4O2/c1-4-20-10-12-22(13-11-20)27-24(32)16-30-18-26(28-19(2)31)17-29(3)15-14-23(26)25(30)21-8-6-5-7-9-21/h5-13,23,25H,4,14-18H2,1-3H3,(H,27,32)(H,28,31)/t23-,25-,26-/m1/s1. The lowest BCUT2D eigenvalue weighted by Gasteiger charge is -2.44. The molecule has 0 saturated carbocycles. The van der Waals surface area contributed by atoms with Gasteiger partial charge in [0.2, 0.25) is 11.8 Å². The van der Waals surface area contributed by atoms with Gasteiger partial charge in [-0.05, 0) is 49.7 Å². The first kappa shape index (κ1) is 22.5. The number of likely N-dealkylation sites (N-methyl/N-ethyl adjacent to an activating group) is 1. The molecular formula is C26H34N4O2. The van der Waals surface area contributed by atoms with Gasteiger partial charge < -0.3 is 15.5 Å². The first-order valence-electron chi connectivity index (χ1n) is 11.6. The molecule has 6 nitrogen and oxygen atoms in total. The Balaban J connectivity index is 1.59. The molecule has 0 radical (unpaired) electrons. The van der Waals surface area contributed by atoms with Gasteiger partial charge >= 0.3 is 0 Å². The van der Waals surface area contributed by atoms with E-state index in [4.69, 9.17) is 0 Å². The molecule has 2 fully saturated rings. The van der Waals surface area contributed by atoms with Crippen molar-refractivity contribution in [3.05, 3.63) is 65.7 Å². The van der Waals surface area contributed by atoms with Crippen LogP contribution in [-0.4, -0.2) is 60.4 Å². The second kappa shape index (κ2) is 9.43. The number of carbonyl (C=O) groups excluding carboxylic acids is 2. The quantitative estimate of drug-likeness (QED) is 0.734. The van der Waals surface area contributed by atoms with E-state index in [0.717, 1.165) is 31.6 Å². The fourth-order valence-electron chi connectivity index (χ4n) is 5.63. The highest BCUT2D eigenvalue weighted by molar-refractivity contribution is 5.92. The van der Waals surface area contributed by atoms with E-state index < -0.39 is 0 Å². The van der Waals surface area contributed by atoms with Gasteiger partial charge in [0.25, 0.3) is 0 Å². The summed E-state index contributed by atoms with van der Waals surface area (Å²) in [6.45, 7) is 6.43. The minimum Gasteiger partial charge on any atom is -0.348 e. The summed E-state index contributed by atoms with van der Waals surface area (Å²) >= 11 is 0. The Morgan fingerprint density at radius 3 is 2.44 bits per heavy atom. The Hall–Kier alpha value is -2.70. The average molecular weight is 435 g/mol. The second-order valence-electron chi connectivity index (χ2n) is 9.33. The number of aryl methyl sites for hydroxylation is 1. The van der Waals surface area contributed by atoms with Gasteiger partial charge in [-0.25, -0.2) is 0 Å². The molecule has 2 N–H and O–H groups in total. The number of nitrogens with zero attached hydrogens (tertiary/aromatic N) is 2. The summed E-state index contributed by atoms with van der Waals surface area (Å²) in [5.41, 5.74) is 2.91. The zero-order chi connectivity index (χ0) is 22.7. The Morgan fingerprint density at radius 2 is 1.78 bits per heavy atom. The molecule has 2 aromatic carbocycles. The average Bonchev–Trinajstić information content (AvgIpc) is 3.06. The van der Waals surface area contributed by atoms with Gasteiger partial charge in [-0.15, -0.1) is 0 Å². The monoisotopic (exact) mass is 434 g/mol. The molecule has 32 heavy (non-hydrogen) atoms. The third kappa shape index (κ3) is 4.71. The number of rotatable bonds is 6. The predicted octanol–water partition coefficient (Wildman–Crippen LogP) is 3.07. The number of amides is 2. The molecule has 2 aliphatic heterocycles. The lowest BCUT2D eigenvalue weighted by molar-refractivity contribution is -0.122. The molecule has 6 heteroatoms. The third-order valence-corrected chi connectivity index (χ3v) is 6.90. The fourth-order valence-corrected chi connectivity index (χ4v) is 5.63. The van der Waals surface area contributed by atoms with Gasteiger partial charge in [-0.1, -0.05) is 49.4 Å². The van der Waals surface area contributed by atoms with Crippen LogP contribution in [-0.2, 0) is 16.0 Å². The Kier molecular flexibility index (Phi) is 6.63. The smallest absolute Gasteiger partial charge is 0.238 e. The molecule has 0 bridgehead atoms. The molecule has 0 unspecified atom stereocenters. The molecule has 3 atom stereocenters. The fraction of sp³-hybridized carbons (Fsp3) is 0.462. The minimum atomic E-state index is -0.359. The van der Waals surface area contributed by atoms with Crippen molar-refractivity contribution in [1.29, 1.82) is 0 Å². The maximum atomic E-state index is 13.0. The molecule has 2 amide bonds. The lowest BCUT2D eigenvalue weighted by Crippen LogP contribution is -2.63. The van der Waals surface area contributed by atoms with Crippen LogP contribution >= 0.6 is 0 Å². The molecule has 2 heterocycles. The van der Waals surface area contributed by atoms with Gasteiger partial charge in [0, 0.05) is 37.7 Å². The van der Waals surface area contributed by atoms with Crippen LogP contribution in [0.2, 0.25) is 0 Å². The minimum absolute atomic E-state index is 0.0144. The van der Waals surface area contributed by atoms with Crippen LogP contribution in [0.25, 0.3) is 0 Å². The number of hydrogen-bond donors (Lipinski definition) is 2. The number of hydrogen-bond acceptors (Lipinski definition) is 4. The van der Waals surface area contributed by atoms with Gasteiger partial charge in [-0.3, -0.25) is 14.5 Å². The normalized spacial score (nSPS) is 25.8. The van der Waals surface area contributed by atoms with Gasteiger partial charge in [0.15, 0.2) is 0 Å². The lowest BCUT2D eigenvalue weighted by atomic mass is 9.76. The van der Waals surface area contributed by atoms with Crippen LogP contribution in [0, 0.1) is 5.92 Å². The number of benzene rings is 2. The predicted molar refractivity (Wildman–Crippen MR) is 127 cm³/mol. The summed E-state index contributed by atoms with van der Waals surface area (Å²) in [6.07, 6.45) is 1.95. The number of carbonyl (C=O) groups is 2. The summed E-state index contributed by atoms with van der Waals surface area (Å²) in [7, 11) is 2.10. The number of fused-ring (bicyclic) bond motifs is 1. The van der Waals surface area contributed by atoms with E-state index in [1.54, 1.807) is 6.92 Å². The van der Waals surface area contributed by atoms with Crippen molar-refractivity contribution in [2.75, 3.05) is 38.5 Å². The van der Waals surface area contributed by atoms with Gasteiger partial charge in [-0.2, -0.15) is 0 Å². The maximum absolute atomic E-state index is 13.0. The van der Waals surface area contributed by atoms with E-state index in [2.05, 4.69) is 70.8 Å². The van der Waals surface area contributed by atoms with Crippen molar-refractivity contribution in [2.45, 2.75) is 38.3 Å². The summed E-state index contributed by atoms with van der Waals surface area (Å²) < 4.78 is 0. The van der Waals surface area contributed by atoms with Crippen LogP contribution in [0.3, 0.4) is 0 Å².